The molecule has 0 radical (unpaired) electrons. The number of amides is 1. The van der Waals surface area contributed by atoms with Crippen LogP contribution in [0, 0.1) is 5.82 Å². The SMILES string of the molecule is CN1C(=O)c2ccc(F)cc2O[C@H]2CN(C3CCC3)C[C@H]21. The molecule has 0 unspecified atom stereocenters. The van der Waals surface area contributed by atoms with Crippen LogP contribution in [0.1, 0.15) is 29.6 Å². The Kier molecular flexibility index (Phi) is 2.92. The van der Waals surface area contributed by atoms with Crippen molar-refractivity contribution in [3.63, 3.8) is 0 Å². The lowest BCUT2D eigenvalue weighted by atomic mass is 9.92. The number of fused-ring (bicyclic) bond motifs is 2. The topological polar surface area (TPSA) is 32.8 Å². The van der Waals surface area contributed by atoms with Crippen molar-refractivity contribution in [3.8, 4) is 5.75 Å². The number of hydrogen-bond donors (Lipinski definition) is 0. The lowest BCUT2D eigenvalue weighted by molar-refractivity contribution is 0.0679. The molecular weight excluding hydrogens is 271 g/mol. The van der Waals surface area contributed by atoms with Crippen LogP contribution >= 0.6 is 0 Å². The van der Waals surface area contributed by atoms with Crippen molar-refractivity contribution in [3.05, 3.63) is 29.6 Å². The first kappa shape index (κ1) is 13.1. The Bertz CT molecular complexity index is 588. The molecule has 3 aliphatic rings. The number of nitrogens with zero attached hydrogens (tertiary/aromatic N) is 2. The summed E-state index contributed by atoms with van der Waals surface area (Å²) in [6.45, 7) is 1.68. The molecule has 112 valence electrons. The Labute approximate surface area is 123 Å². The lowest BCUT2D eigenvalue weighted by Crippen LogP contribution is -2.44. The molecule has 1 amide bonds. The zero-order valence-electron chi connectivity index (χ0n) is 12.1. The Morgan fingerprint density at radius 2 is 2.10 bits per heavy atom. The van der Waals surface area contributed by atoms with Crippen LogP contribution in [0.25, 0.3) is 0 Å². The second-order valence-electron chi connectivity index (χ2n) is 6.32. The van der Waals surface area contributed by atoms with Gasteiger partial charge in [0.15, 0.2) is 0 Å². The van der Waals surface area contributed by atoms with Crippen LogP contribution < -0.4 is 4.74 Å². The van der Waals surface area contributed by atoms with Gasteiger partial charge in [-0.25, -0.2) is 4.39 Å². The average Bonchev–Trinajstić information content (AvgIpc) is 2.75. The summed E-state index contributed by atoms with van der Waals surface area (Å²) in [5.74, 6) is -0.0562. The molecule has 21 heavy (non-hydrogen) atoms. The predicted octanol–water partition coefficient (Wildman–Crippen LogP) is 1.90. The first-order chi connectivity index (χ1) is 10.1. The van der Waals surface area contributed by atoms with Crippen LogP contribution in [0.2, 0.25) is 0 Å². The fourth-order valence-corrected chi connectivity index (χ4v) is 3.60. The molecule has 0 bridgehead atoms. The van der Waals surface area contributed by atoms with Crippen LogP contribution in [0.15, 0.2) is 18.2 Å². The molecule has 1 aromatic carbocycles. The average molecular weight is 290 g/mol. The summed E-state index contributed by atoms with van der Waals surface area (Å²) in [7, 11) is 1.83. The molecular formula is C16H19FN2O2. The predicted molar refractivity (Wildman–Crippen MR) is 75.9 cm³/mol. The third kappa shape index (κ3) is 2.02. The van der Waals surface area contributed by atoms with E-state index in [1.54, 1.807) is 4.90 Å². The maximum absolute atomic E-state index is 13.4. The van der Waals surface area contributed by atoms with Gasteiger partial charge in [0.1, 0.15) is 17.7 Å². The second kappa shape index (κ2) is 4.70. The van der Waals surface area contributed by atoms with Crippen molar-refractivity contribution < 1.29 is 13.9 Å². The molecule has 5 heteroatoms. The summed E-state index contributed by atoms with van der Waals surface area (Å²) in [6.07, 6.45) is 3.70. The first-order valence-electron chi connectivity index (χ1n) is 7.61. The standard InChI is InChI=1S/C16H19FN2O2/c1-18-13-8-19(11-3-2-4-11)9-15(13)21-14-7-10(17)5-6-12(14)16(18)20/h5-7,11,13,15H,2-4,8-9H2,1H3/t13-,15+/m1/s1. The molecule has 0 aromatic heterocycles. The largest absolute Gasteiger partial charge is 0.486 e. The van der Waals surface area contributed by atoms with Crippen LogP contribution in [0.5, 0.6) is 5.75 Å². The minimum atomic E-state index is -0.364. The minimum absolute atomic E-state index is 0.0496. The van der Waals surface area contributed by atoms with Gasteiger partial charge in [0.2, 0.25) is 0 Å². The molecule has 0 N–H and O–H groups in total. The summed E-state index contributed by atoms with van der Waals surface area (Å²) in [6, 6.07) is 4.85. The smallest absolute Gasteiger partial charge is 0.257 e. The van der Waals surface area contributed by atoms with Gasteiger partial charge in [0.05, 0.1) is 11.6 Å². The first-order valence-corrected chi connectivity index (χ1v) is 7.61. The highest BCUT2D eigenvalue weighted by molar-refractivity contribution is 5.97. The molecule has 4 rings (SSSR count). The fraction of sp³-hybridized carbons (Fsp3) is 0.562. The van der Waals surface area contributed by atoms with Gasteiger partial charge in [-0.05, 0) is 25.0 Å². The van der Waals surface area contributed by atoms with Crippen molar-refractivity contribution in [2.75, 3.05) is 20.1 Å². The number of carbonyl (C=O) groups is 1. The second-order valence-corrected chi connectivity index (χ2v) is 6.32. The van der Waals surface area contributed by atoms with E-state index >= 15 is 0 Å². The highest BCUT2D eigenvalue weighted by Gasteiger charge is 2.44. The molecule has 0 spiro atoms. The summed E-state index contributed by atoms with van der Waals surface area (Å²) in [4.78, 5) is 16.7. The third-order valence-electron chi connectivity index (χ3n) is 5.13. The Balaban J connectivity index is 1.65. The number of likely N-dealkylation sites (tertiary alicyclic amines) is 1. The zero-order chi connectivity index (χ0) is 14.6. The van der Waals surface area contributed by atoms with E-state index in [0.717, 1.165) is 13.1 Å². The van der Waals surface area contributed by atoms with Gasteiger partial charge in [0, 0.05) is 32.2 Å². The van der Waals surface area contributed by atoms with E-state index < -0.39 is 0 Å². The van der Waals surface area contributed by atoms with Crippen molar-refractivity contribution in [1.82, 2.24) is 9.80 Å². The van der Waals surface area contributed by atoms with E-state index in [9.17, 15) is 9.18 Å². The van der Waals surface area contributed by atoms with Gasteiger partial charge in [-0.1, -0.05) is 6.42 Å². The Morgan fingerprint density at radius 3 is 2.81 bits per heavy atom. The van der Waals surface area contributed by atoms with Crippen molar-refractivity contribution >= 4 is 5.91 Å². The normalized spacial score (nSPS) is 29.4. The molecule has 1 aliphatic carbocycles. The van der Waals surface area contributed by atoms with Gasteiger partial charge in [-0.3, -0.25) is 9.69 Å². The summed E-state index contributed by atoms with van der Waals surface area (Å²) >= 11 is 0. The number of likely N-dealkylation sites (N-methyl/N-ethyl adjacent to an activating group) is 1. The molecule has 2 fully saturated rings. The van der Waals surface area contributed by atoms with Crippen molar-refractivity contribution in [2.24, 2.45) is 0 Å². The molecule has 1 saturated carbocycles. The van der Waals surface area contributed by atoms with Gasteiger partial charge in [-0.15, -0.1) is 0 Å². The van der Waals surface area contributed by atoms with Crippen LogP contribution in [-0.2, 0) is 0 Å². The molecule has 2 aliphatic heterocycles. The molecule has 2 heterocycles. The molecule has 4 nitrogen and oxygen atoms in total. The van der Waals surface area contributed by atoms with Gasteiger partial charge >= 0.3 is 0 Å². The van der Waals surface area contributed by atoms with Crippen molar-refractivity contribution in [1.29, 1.82) is 0 Å². The number of halogens is 1. The Hall–Kier alpha value is -1.62. The summed E-state index contributed by atoms with van der Waals surface area (Å²) in [5.41, 5.74) is 0.462. The van der Waals surface area contributed by atoms with Gasteiger partial charge in [-0.2, -0.15) is 0 Å². The summed E-state index contributed by atoms with van der Waals surface area (Å²) < 4.78 is 19.5. The quantitative estimate of drug-likeness (QED) is 0.792. The van der Waals surface area contributed by atoms with E-state index in [1.165, 1.54) is 37.5 Å². The maximum atomic E-state index is 13.4. The van der Waals surface area contributed by atoms with E-state index in [4.69, 9.17) is 4.74 Å². The lowest BCUT2D eigenvalue weighted by Gasteiger charge is -2.35. The van der Waals surface area contributed by atoms with Gasteiger partial charge < -0.3 is 9.64 Å². The maximum Gasteiger partial charge on any atom is 0.257 e. The Morgan fingerprint density at radius 1 is 1.29 bits per heavy atom. The van der Waals surface area contributed by atoms with Gasteiger partial charge in [0.25, 0.3) is 5.91 Å². The molecule has 1 aromatic rings. The van der Waals surface area contributed by atoms with Crippen molar-refractivity contribution in [2.45, 2.75) is 37.5 Å². The number of carbonyl (C=O) groups excluding carboxylic acids is 1. The fourth-order valence-electron chi connectivity index (χ4n) is 3.60. The van der Waals surface area contributed by atoms with Crippen LogP contribution in [0.3, 0.4) is 0 Å². The minimum Gasteiger partial charge on any atom is -0.486 e. The zero-order valence-corrected chi connectivity index (χ0v) is 12.1. The van der Waals surface area contributed by atoms with Crippen LogP contribution in [0.4, 0.5) is 4.39 Å². The number of hydrogen-bond acceptors (Lipinski definition) is 3. The van der Waals surface area contributed by atoms with E-state index in [2.05, 4.69) is 4.90 Å². The highest BCUT2D eigenvalue weighted by atomic mass is 19.1. The van der Waals surface area contributed by atoms with E-state index in [1.807, 2.05) is 7.05 Å². The highest BCUT2D eigenvalue weighted by Crippen LogP contribution is 2.34. The van der Waals surface area contributed by atoms with E-state index in [-0.39, 0.29) is 23.9 Å². The number of benzene rings is 1. The number of ether oxygens (including phenoxy) is 1. The van der Waals surface area contributed by atoms with E-state index in [0.29, 0.717) is 17.4 Å². The monoisotopic (exact) mass is 290 g/mol. The molecule has 2 atom stereocenters. The number of rotatable bonds is 1. The van der Waals surface area contributed by atoms with Crippen LogP contribution in [-0.4, -0.2) is 54.0 Å². The third-order valence-corrected chi connectivity index (χ3v) is 5.13. The molecule has 1 saturated heterocycles. The summed E-state index contributed by atoms with van der Waals surface area (Å²) in [5, 5.41) is 0.